The second-order valence-corrected chi connectivity index (χ2v) is 14.2. The van der Waals surface area contributed by atoms with Gasteiger partial charge in [-0.3, -0.25) is 4.79 Å². The molecule has 1 fully saturated rings. The molecule has 10 heteroatoms. The van der Waals surface area contributed by atoms with Gasteiger partial charge in [0.2, 0.25) is 22.7 Å². The van der Waals surface area contributed by atoms with E-state index in [9.17, 15) is 13.2 Å². The molecule has 2 aliphatic rings. The number of nitrogens with zero attached hydrogens (tertiary/aromatic N) is 2. The molecule has 1 unspecified atom stereocenters. The van der Waals surface area contributed by atoms with E-state index in [0.717, 1.165) is 28.8 Å². The first-order valence-corrected chi connectivity index (χ1v) is 15.8. The fourth-order valence-electron chi connectivity index (χ4n) is 4.87. The van der Waals surface area contributed by atoms with Crippen LogP contribution in [0.15, 0.2) is 64.9 Å². The second-order valence-electron chi connectivity index (χ2n) is 11.2. The first kappa shape index (κ1) is 28.6. The fraction of sp³-hybridized carbons (Fsp3) is 0.433. The smallest absolute Gasteiger partial charge is 0.243 e. The van der Waals surface area contributed by atoms with Crippen LogP contribution >= 0.6 is 11.3 Å². The molecule has 3 heterocycles. The monoisotopic (exact) mass is 584 g/mol. The normalized spacial score (nSPS) is 16.9. The molecule has 1 saturated heterocycles. The second kappa shape index (κ2) is 11.9. The number of carbonyl (C=O) groups is 1. The summed E-state index contributed by atoms with van der Waals surface area (Å²) in [6.07, 6.45) is 1.40. The van der Waals surface area contributed by atoms with Crippen LogP contribution in [0.4, 0.5) is 0 Å². The minimum atomic E-state index is -3.95. The van der Waals surface area contributed by atoms with E-state index in [4.69, 9.17) is 14.2 Å². The van der Waals surface area contributed by atoms with Gasteiger partial charge in [0.1, 0.15) is 0 Å². The molecule has 1 atom stereocenters. The molecule has 2 aliphatic heterocycles. The van der Waals surface area contributed by atoms with Crippen LogP contribution in [0.1, 0.15) is 49.6 Å². The zero-order chi connectivity index (χ0) is 28.3. The van der Waals surface area contributed by atoms with Gasteiger partial charge in [-0.2, -0.15) is 4.31 Å². The summed E-state index contributed by atoms with van der Waals surface area (Å²) in [4.78, 5) is 16.8. The molecule has 214 valence electrons. The molecule has 0 aliphatic carbocycles. The molecule has 0 bridgehead atoms. The Hall–Kier alpha value is -2.92. The van der Waals surface area contributed by atoms with Gasteiger partial charge in [0.15, 0.2) is 11.5 Å². The van der Waals surface area contributed by atoms with E-state index in [-0.39, 0.29) is 42.2 Å². The maximum Gasteiger partial charge on any atom is 0.243 e. The Morgan fingerprint density at radius 1 is 1.02 bits per heavy atom. The van der Waals surface area contributed by atoms with E-state index >= 15 is 0 Å². The van der Waals surface area contributed by atoms with E-state index in [1.165, 1.54) is 4.31 Å². The van der Waals surface area contributed by atoms with Crippen LogP contribution < -0.4 is 9.47 Å². The van der Waals surface area contributed by atoms with Gasteiger partial charge in [0, 0.05) is 24.6 Å². The third-order valence-electron chi connectivity index (χ3n) is 7.19. The minimum absolute atomic E-state index is 0.105. The average Bonchev–Trinajstić information content (AvgIpc) is 3.70. The van der Waals surface area contributed by atoms with Crippen LogP contribution in [0.5, 0.6) is 11.5 Å². The van der Waals surface area contributed by atoms with E-state index in [1.54, 1.807) is 28.4 Å². The summed E-state index contributed by atoms with van der Waals surface area (Å²) in [6, 6.07) is 16.5. The van der Waals surface area contributed by atoms with Gasteiger partial charge in [-0.05, 0) is 65.1 Å². The van der Waals surface area contributed by atoms with Crippen LogP contribution in [0.25, 0.3) is 0 Å². The highest BCUT2D eigenvalue weighted by atomic mass is 32.2. The highest BCUT2D eigenvalue weighted by Crippen LogP contribution is 2.33. The molecule has 0 radical (unpaired) electrons. The lowest BCUT2D eigenvalue weighted by molar-refractivity contribution is -0.132. The summed E-state index contributed by atoms with van der Waals surface area (Å²) in [6.45, 7) is 7.56. The van der Waals surface area contributed by atoms with Gasteiger partial charge >= 0.3 is 0 Å². The third kappa shape index (κ3) is 6.68. The van der Waals surface area contributed by atoms with Crippen LogP contribution in [-0.4, -0.2) is 56.1 Å². The molecular formula is C30H36N2O6S2. The number of amides is 1. The summed E-state index contributed by atoms with van der Waals surface area (Å²) in [5, 5.41) is 1.97. The number of hydrogen-bond acceptors (Lipinski definition) is 7. The fourth-order valence-corrected chi connectivity index (χ4v) is 7.01. The molecule has 1 aromatic heterocycles. The molecule has 0 spiro atoms. The number of sulfonamides is 1. The lowest BCUT2D eigenvalue weighted by Crippen LogP contribution is -2.45. The number of hydrogen-bond donors (Lipinski definition) is 0. The molecule has 40 heavy (non-hydrogen) atoms. The van der Waals surface area contributed by atoms with Crippen molar-refractivity contribution in [1.29, 1.82) is 0 Å². The third-order valence-corrected chi connectivity index (χ3v) is 9.88. The highest BCUT2D eigenvalue weighted by Gasteiger charge is 2.32. The number of carbonyl (C=O) groups excluding carboxylic acids is 1. The zero-order valence-electron chi connectivity index (χ0n) is 23.2. The Kier molecular flexibility index (Phi) is 8.51. The van der Waals surface area contributed by atoms with E-state index < -0.39 is 10.0 Å². The van der Waals surface area contributed by atoms with E-state index in [2.05, 4.69) is 20.8 Å². The Morgan fingerprint density at radius 3 is 2.48 bits per heavy atom. The first-order valence-electron chi connectivity index (χ1n) is 13.5. The Balaban J connectivity index is 1.40. The molecular weight excluding hydrogens is 548 g/mol. The molecule has 3 aromatic rings. The SMILES string of the molecule is CC(C)(C)c1ccc(S(=O)(=O)N(CC(=O)N(Cc2ccc3c(c2)OCO3)Cc2cccs2)CC2CCCO2)cc1. The Labute approximate surface area is 240 Å². The number of benzene rings is 2. The van der Waals surface area contributed by atoms with Gasteiger partial charge in [0.05, 0.1) is 24.1 Å². The van der Waals surface area contributed by atoms with Gasteiger partial charge < -0.3 is 19.1 Å². The standard InChI is InChI=1S/C30H36N2O6S2/c1-30(2,3)23-9-11-26(12-10-23)40(34,35)32(18-24-6-4-14-36-24)20-29(33)31(19-25-7-5-15-39-25)17-22-8-13-27-28(16-22)38-21-37-27/h5,7-13,15-16,24H,4,6,14,17-21H2,1-3H3. The summed E-state index contributed by atoms with van der Waals surface area (Å²) in [5.41, 5.74) is 1.81. The van der Waals surface area contributed by atoms with Crippen LogP contribution in [0.3, 0.4) is 0 Å². The lowest BCUT2D eigenvalue weighted by Gasteiger charge is -2.29. The zero-order valence-corrected chi connectivity index (χ0v) is 24.8. The molecule has 0 saturated carbocycles. The van der Waals surface area contributed by atoms with Crippen molar-refractivity contribution in [2.24, 2.45) is 0 Å². The van der Waals surface area contributed by atoms with Crippen molar-refractivity contribution in [3.05, 3.63) is 76.0 Å². The summed E-state index contributed by atoms with van der Waals surface area (Å²) >= 11 is 1.56. The van der Waals surface area contributed by atoms with Crippen LogP contribution in [-0.2, 0) is 38.1 Å². The quantitative estimate of drug-likeness (QED) is 0.327. The molecule has 5 rings (SSSR count). The largest absolute Gasteiger partial charge is 0.454 e. The van der Waals surface area contributed by atoms with Gasteiger partial charge in [-0.25, -0.2) is 8.42 Å². The summed E-state index contributed by atoms with van der Waals surface area (Å²) in [7, 11) is -3.95. The predicted molar refractivity (Wildman–Crippen MR) is 154 cm³/mol. The minimum Gasteiger partial charge on any atom is -0.454 e. The van der Waals surface area contributed by atoms with Crippen molar-refractivity contribution >= 4 is 27.3 Å². The summed E-state index contributed by atoms with van der Waals surface area (Å²) < 4.78 is 45.9. The number of thiophene rings is 1. The van der Waals surface area contributed by atoms with Crippen molar-refractivity contribution in [1.82, 2.24) is 9.21 Å². The van der Waals surface area contributed by atoms with Gasteiger partial charge in [-0.15, -0.1) is 11.3 Å². The van der Waals surface area contributed by atoms with Gasteiger partial charge in [-0.1, -0.05) is 45.0 Å². The maximum absolute atomic E-state index is 13.9. The molecule has 0 N–H and O–H groups in total. The van der Waals surface area contributed by atoms with E-state index in [1.807, 2.05) is 47.8 Å². The number of rotatable bonds is 10. The molecule has 8 nitrogen and oxygen atoms in total. The molecule has 2 aromatic carbocycles. The topological polar surface area (TPSA) is 85.4 Å². The Morgan fingerprint density at radius 2 is 1.80 bits per heavy atom. The predicted octanol–water partition coefficient (Wildman–Crippen LogP) is 5.17. The number of fused-ring (bicyclic) bond motifs is 1. The highest BCUT2D eigenvalue weighted by molar-refractivity contribution is 7.89. The van der Waals surface area contributed by atoms with Crippen molar-refractivity contribution in [2.45, 2.75) is 63.1 Å². The van der Waals surface area contributed by atoms with E-state index in [0.29, 0.717) is 31.2 Å². The number of ether oxygens (including phenoxy) is 3. The van der Waals surface area contributed by atoms with Crippen molar-refractivity contribution in [3.63, 3.8) is 0 Å². The molecule has 1 amide bonds. The van der Waals surface area contributed by atoms with Crippen LogP contribution in [0.2, 0.25) is 0 Å². The maximum atomic E-state index is 13.9. The van der Waals surface area contributed by atoms with Crippen LogP contribution in [0, 0.1) is 0 Å². The van der Waals surface area contributed by atoms with Crippen molar-refractivity contribution in [3.8, 4) is 11.5 Å². The lowest BCUT2D eigenvalue weighted by atomic mass is 9.87. The van der Waals surface area contributed by atoms with Crippen molar-refractivity contribution < 1.29 is 27.4 Å². The Bertz CT molecular complexity index is 1410. The first-order chi connectivity index (χ1) is 19.1. The van der Waals surface area contributed by atoms with Crippen molar-refractivity contribution in [2.75, 3.05) is 26.5 Å². The van der Waals surface area contributed by atoms with Gasteiger partial charge in [0.25, 0.3) is 0 Å². The summed E-state index contributed by atoms with van der Waals surface area (Å²) in [5.74, 6) is 1.03. The average molecular weight is 585 g/mol.